The van der Waals surface area contributed by atoms with E-state index < -0.39 is 5.97 Å². The predicted molar refractivity (Wildman–Crippen MR) is 70.6 cm³/mol. The van der Waals surface area contributed by atoms with Crippen LogP contribution in [0.3, 0.4) is 0 Å². The van der Waals surface area contributed by atoms with Gasteiger partial charge in [-0.15, -0.1) is 11.3 Å². The molecular formula is C13H15NO3S. The van der Waals surface area contributed by atoms with Crippen molar-refractivity contribution in [1.29, 1.82) is 0 Å². The molecule has 0 bridgehead atoms. The summed E-state index contributed by atoms with van der Waals surface area (Å²) in [7, 11) is 0. The van der Waals surface area contributed by atoms with Gasteiger partial charge in [-0.2, -0.15) is 0 Å². The lowest BCUT2D eigenvalue weighted by Crippen LogP contribution is -2.28. The van der Waals surface area contributed by atoms with Crippen molar-refractivity contribution in [3.63, 3.8) is 0 Å². The normalized spacial score (nSPS) is 20.9. The molecule has 2 N–H and O–H groups in total. The van der Waals surface area contributed by atoms with Crippen LogP contribution in [-0.4, -0.2) is 23.0 Å². The summed E-state index contributed by atoms with van der Waals surface area (Å²) in [5.74, 6) is -1.14. The number of carboxylic acids is 1. The average Bonchev–Trinajstić information content (AvgIpc) is 2.73. The Morgan fingerprint density at radius 2 is 2.22 bits per heavy atom. The molecule has 1 aliphatic rings. The maximum Gasteiger partial charge on any atom is 0.328 e. The second kappa shape index (κ2) is 4.57. The van der Waals surface area contributed by atoms with E-state index in [-0.39, 0.29) is 17.4 Å². The van der Waals surface area contributed by atoms with Crippen LogP contribution in [0, 0.1) is 5.41 Å². The van der Waals surface area contributed by atoms with Gasteiger partial charge in [-0.3, -0.25) is 4.79 Å². The first-order chi connectivity index (χ1) is 8.40. The summed E-state index contributed by atoms with van der Waals surface area (Å²) in [5, 5.41) is 13.3. The molecule has 1 heterocycles. The molecular weight excluding hydrogens is 250 g/mol. The molecule has 1 aromatic rings. The van der Waals surface area contributed by atoms with Crippen LogP contribution in [0.2, 0.25) is 0 Å². The monoisotopic (exact) mass is 265 g/mol. The Balaban J connectivity index is 2.07. The third-order valence-electron chi connectivity index (χ3n) is 3.13. The molecule has 5 heteroatoms. The van der Waals surface area contributed by atoms with Gasteiger partial charge in [0, 0.05) is 12.1 Å². The summed E-state index contributed by atoms with van der Waals surface area (Å²) < 4.78 is 0. The maximum absolute atomic E-state index is 12.0. The van der Waals surface area contributed by atoms with Crippen LogP contribution >= 0.6 is 11.3 Å². The summed E-state index contributed by atoms with van der Waals surface area (Å²) in [6, 6.07) is 1.97. The molecule has 1 fully saturated rings. The Kier molecular flexibility index (Phi) is 3.26. The van der Waals surface area contributed by atoms with Gasteiger partial charge in [0.1, 0.15) is 0 Å². The molecule has 18 heavy (non-hydrogen) atoms. The summed E-state index contributed by atoms with van der Waals surface area (Å²) in [5.41, 5.74) is 0.836. The average molecular weight is 265 g/mol. The fourth-order valence-electron chi connectivity index (χ4n) is 1.73. The molecule has 96 valence electrons. The molecule has 0 spiro atoms. The largest absolute Gasteiger partial charge is 0.478 e. The fourth-order valence-corrected chi connectivity index (χ4v) is 2.52. The minimum Gasteiger partial charge on any atom is -0.478 e. The highest BCUT2D eigenvalue weighted by Gasteiger charge is 2.46. The number of carbonyl (C=O) groups excluding carboxylic acids is 1. The van der Waals surface area contributed by atoms with E-state index in [2.05, 4.69) is 19.2 Å². The van der Waals surface area contributed by atoms with Gasteiger partial charge < -0.3 is 10.4 Å². The first kappa shape index (κ1) is 12.8. The molecule has 1 atom stereocenters. The van der Waals surface area contributed by atoms with Crippen LogP contribution in [0.15, 0.2) is 17.5 Å². The summed E-state index contributed by atoms with van der Waals surface area (Å²) >= 11 is 1.32. The van der Waals surface area contributed by atoms with Crippen molar-refractivity contribution >= 4 is 29.3 Å². The van der Waals surface area contributed by atoms with Gasteiger partial charge in [0.05, 0.1) is 4.88 Å². The van der Waals surface area contributed by atoms with E-state index in [4.69, 9.17) is 5.11 Å². The molecule has 0 aliphatic heterocycles. The number of carboxylic acid groups (broad SMARTS) is 1. The lowest BCUT2D eigenvalue weighted by atomic mass is 10.2. The molecule has 1 aliphatic carbocycles. The number of hydrogen-bond donors (Lipinski definition) is 2. The number of nitrogens with one attached hydrogen (secondary N) is 1. The molecule has 0 saturated heterocycles. The SMILES string of the molecule is CC1(C)CC1NC(=O)c1sccc1/C=C/C(=O)O. The van der Waals surface area contributed by atoms with Gasteiger partial charge in [0.25, 0.3) is 5.91 Å². The second-order valence-corrected chi connectivity index (χ2v) is 6.01. The van der Waals surface area contributed by atoms with Crippen molar-refractivity contribution in [2.45, 2.75) is 26.3 Å². The fraction of sp³-hybridized carbons (Fsp3) is 0.385. The zero-order valence-corrected chi connectivity index (χ0v) is 11.1. The van der Waals surface area contributed by atoms with Gasteiger partial charge in [-0.05, 0) is 34.9 Å². The van der Waals surface area contributed by atoms with Gasteiger partial charge >= 0.3 is 5.97 Å². The lowest BCUT2D eigenvalue weighted by Gasteiger charge is -2.06. The molecule has 1 saturated carbocycles. The Bertz CT molecular complexity index is 516. The summed E-state index contributed by atoms with van der Waals surface area (Å²) in [6.45, 7) is 4.22. The van der Waals surface area contributed by atoms with E-state index in [1.807, 2.05) is 0 Å². The van der Waals surface area contributed by atoms with E-state index >= 15 is 0 Å². The van der Waals surface area contributed by atoms with Crippen LogP contribution in [0.5, 0.6) is 0 Å². The molecule has 2 rings (SSSR count). The summed E-state index contributed by atoms with van der Waals surface area (Å²) in [4.78, 5) is 23.1. The highest BCUT2D eigenvalue weighted by Crippen LogP contribution is 2.44. The molecule has 4 nitrogen and oxygen atoms in total. The first-order valence-electron chi connectivity index (χ1n) is 5.69. The van der Waals surface area contributed by atoms with Crippen molar-refractivity contribution in [3.05, 3.63) is 28.0 Å². The molecule has 1 aromatic heterocycles. The highest BCUT2D eigenvalue weighted by molar-refractivity contribution is 7.12. The number of thiophene rings is 1. The topological polar surface area (TPSA) is 66.4 Å². The van der Waals surface area contributed by atoms with Crippen LogP contribution in [0.25, 0.3) is 6.08 Å². The Morgan fingerprint density at radius 3 is 2.78 bits per heavy atom. The van der Waals surface area contributed by atoms with E-state index in [1.165, 1.54) is 17.4 Å². The number of rotatable bonds is 4. The lowest BCUT2D eigenvalue weighted by molar-refractivity contribution is -0.131. The molecule has 0 radical (unpaired) electrons. The van der Waals surface area contributed by atoms with Crippen molar-refractivity contribution < 1.29 is 14.7 Å². The number of amides is 1. The minimum atomic E-state index is -1.02. The van der Waals surface area contributed by atoms with Gasteiger partial charge in [-0.1, -0.05) is 13.8 Å². The Hall–Kier alpha value is -1.62. The van der Waals surface area contributed by atoms with E-state index in [1.54, 1.807) is 11.4 Å². The van der Waals surface area contributed by atoms with Gasteiger partial charge in [-0.25, -0.2) is 4.79 Å². The Labute approximate surface area is 109 Å². The smallest absolute Gasteiger partial charge is 0.328 e. The highest BCUT2D eigenvalue weighted by atomic mass is 32.1. The van der Waals surface area contributed by atoms with E-state index in [0.717, 1.165) is 12.5 Å². The Morgan fingerprint density at radius 1 is 1.56 bits per heavy atom. The van der Waals surface area contributed by atoms with Gasteiger partial charge in [0.15, 0.2) is 0 Å². The zero-order chi connectivity index (χ0) is 13.3. The van der Waals surface area contributed by atoms with Crippen LogP contribution in [-0.2, 0) is 4.79 Å². The van der Waals surface area contributed by atoms with Crippen molar-refractivity contribution in [2.24, 2.45) is 5.41 Å². The van der Waals surface area contributed by atoms with E-state index in [0.29, 0.717) is 10.4 Å². The third-order valence-corrected chi connectivity index (χ3v) is 4.06. The molecule has 0 aromatic carbocycles. The molecule has 1 amide bonds. The third kappa shape index (κ3) is 2.79. The van der Waals surface area contributed by atoms with Crippen molar-refractivity contribution in [1.82, 2.24) is 5.32 Å². The summed E-state index contributed by atoms with van der Waals surface area (Å²) in [6.07, 6.45) is 3.48. The van der Waals surface area contributed by atoms with Crippen LogP contribution in [0.1, 0.15) is 35.5 Å². The van der Waals surface area contributed by atoms with Crippen molar-refractivity contribution in [2.75, 3.05) is 0 Å². The zero-order valence-electron chi connectivity index (χ0n) is 10.3. The number of aliphatic carboxylic acids is 1. The number of carbonyl (C=O) groups is 2. The standard InChI is InChI=1S/C13H15NO3S/c1-13(2)7-9(13)14-12(17)11-8(5-6-18-11)3-4-10(15)16/h3-6,9H,7H2,1-2H3,(H,14,17)(H,15,16)/b4-3+. The van der Waals surface area contributed by atoms with Crippen LogP contribution < -0.4 is 5.32 Å². The van der Waals surface area contributed by atoms with E-state index in [9.17, 15) is 9.59 Å². The molecule has 1 unspecified atom stereocenters. The number of hydrogen-bond acceptors (Lipinski definition) is 3. The van der Waals surface area contributed by atoms with Crippen molar-refractivity contribution in [3.8, 4) is 0 Å². The first-order valence-corrected chi connectivity index (χ1v) is 6.57. The predicted octanol–water partition coefficient (Wildman–Crippen LogP) is 2.37. The quantitative estimate of drug-likeness (QED) is 0.821. The van der Waals surface area contributed by atoms with Gasteiger partial charge in [0.2, 0.25) is 0 Å². The minimum absolute atomic E-state index is 0.120. The maximum atomic E-state index is 12.0. The second-order valence-electron chi connectivity index (χ2n) is 5.10. The van der Waals surface area contributed by atoms with Crippen LogP contribution in [0.4, 0.5) is 0 Å².